The summed E-state index contributed by atoms with van der Waals surface area (Å²) in [6, 6.07) is 8.66. The summed E-state index contributed by atoms with van der Waals surface area (Å²) in [6.45, 7) is 0. The van der Waals surface area contributed by atoms with Crippen molar-refractivity contribution in [1.82, 2.24) is 15.1 Å². The van der Waals surface area contributed by atoms with E-state index < -0.39 is 0 Å². The molecule has 2 rings (SSSR count). The van der Waals surface area contributed by atoms with Crippen LogP contribution in [0.2, 0.25) is 0 Å². The minimum Gasteiger partial charge on any atom is -0.497 e. The Morgan fingerprint density at radius 1 is 1.21 bits per heavy atom. The number of hydrogen-bond acceptors (Lipinski definition) is 3. The quantitative estimate of drug-likeness (QED) is 0.860. The largest absolute Gasteiger partial charge is 0.497 e. The first kappa shape index (κ1) is 13.6. The van der Waals surface area contributed by atoms with E-state index in [0.717, 1.165) is 18.6 Å². The highest BCUT2D eigenvalue weighted by Gasteiger charge is 2.09. The Morgan fingerprint density at radius 2 is 1.89 bits per heavy atom. The number of rotatable bonds is 6. The number of hydrogen-bond donors (Lipinski definition) is 1. The molecule has 0 bridgehead atoms. The lowest BCUT2D eigenvalue weighted by Crippen LogP contribution is -2.29. The molecule has 4 heteroatoms. The molecular formula is C15H21N3O. The predicted octanol–water partition coefficient (Wildman–Crippen LogP) is 1.80. The van der Waals surface area contributed by atoms with Gasteiger partial charge >= 0.3 is 0 Å². The highest BCUT2D eigenvalue weighted by atomic mass is 16.5. The summed E-state index contributed by atoms with van der Waals surface area (Å²) in [6.07, 6.45) is 5.97. The van der Waals surface area contributed by atoms with Crippen LogP contribution in [0.5, 0.6) is 5.75 Å². The molecule has 2 aromatic rings. The van der Waals surface area contributed by atoms with Crippen LogP contribution in [0.4, 0.5) is 0 Å². The van der Waals surface area contributed by atoms with Crippen molar-refractivity contribution in [3.05, 3.63) is 47.8 Å². The van der Waals surface area contributed by atoms with Crippen LogP contribution in [-0.4, -0.2) is 30.0 Å². The van der Waals surface area contributed by atoms with Crippen molar-refractivity contribution in [3.8, 4) is 5.75 Å². The number of aromatic nitrogens is 2. The molecule has 0 saturated heterocycles. The van der Waals surface area contributed by atoms with Gasteiger partial charge in [-0.05, 0) is 43.1 Å². The van der Waals surface area contributed by atoms with Crippen molar-refractivity contribution >= 4 is 0 Å². The molecule has 0 spiro atoms. The number of nitrogens with zero attached hydrogens (tertiary/aromatic N) is 2. The molecule has 0 radical (unpaired) electrons. The van der Waals surface area contributed by atoms with E-state index in [1.165, 1.54) is 11.1 Å². The van der Waals surface area contributed by atoms with Gasteiger partial charge in [0.05, 0.1) is 13.3 Å². The Hall–Kier alpha value is -1.81. The minimum atomic E-state index is 0.414. The van der Waals surface area contributed by atoms with Crippen molar-refractivity contribution in [1.29, 1.82) is 0 Å². The first-order valence-electron chi connectivity index (χ1n) is 6.49. The smallest absolute Gasteiger partial charge is 0.118 e. The third kappa shape index (κ3) is 3.83. The van der Waals surface area contributed by atoms with Gasteiger partial charge < -0.3 is 10.1 Å². The van der Waals surface area contributed by atoms with Crippen LogP contribution in [0.1, 0.15) is 11.1 Å². The van der Waals surface area contributed by atoms with Crippen LogP contribution in [0, 0.1) is 0 Å². The van der Waals surface area contributed by atoms with E-state index in [9.17, 15) is 0 Å². The molecule has 0 aliphatic heterocycles. The fourth-order valence-corrected chi connectivity index (χ4v) is 2.18. The van der Waals surface area contributed by atoms with E-state index in [1.54, 1.807) is 7.11 Å². The van der Waals surface area contributed by atoms with Crippen LogP contribution < -0.4 is 10.1 Å². The van der Waals surface area contributed by atoms with Gasteiger partial charge in [-0.3, -0.25) is 4.68 Å². The molecular weight excluding hydrogens is 238 g/mol. The zero-order valence-electron chi connectivity index (χ0n) is 11.8. The topological polar surface area (TPSA) is 39.1 Å². The first-order valence-corrected chi connectivity index (χ1v) is 6.49. The van der Waals surface area contributed by atoms with Gasteiger partial charge in [-0.2, -0.15) is 5.10 Å². The van der Waals surface area contributed by atoms with Gasteiger partial charge in [0, 0.05) is 19.3 Å². The maximum atomic E-state index is 5.17. The van der Waals surface area contributed by atoms with Crippen molar-refractivity contribution in [3.63, 3.8) is 0 Å². The van der Waals surface area contributed by atoms with Crippen LogP contribution in [0.25, 0.3) is 0 Å². The van der Waals surface area contributed by atoms with Crippen molar-refractivity contribution < 1.29 is 4.74 Å². The van der Waals surface area contributed by atoms with Gasteiger partial charge in [-0.1, -0.05) is 12.1 Å². The number of likely N-dealkylation sites (N-methyl/N-ethyl adjacent to an activating group) is 1. The molecule has 4 nitrogen and oxygen atoms in total. The average Bonchev–Trinajstić information content (AvgIpc) is 2.84. The molecule has 0 fully saturated rings. The van der Waals surface area contributed by atoms with Crippen molar-refractivity contribution in [2.45, 2.75) is 18.9 Å². The standard InChI is InChI=1S/C15H21N3O/c1-16-14(9-13-10-17-18(2)11-13)8-12-4-6-15(19-3)7-5-12/h4-7,10-11,14,16H,8-9H2,1-3H3. The Morgan fingerprint density at radius 3 is 2.42 bits per heavy atom. The molecule has 1 unspecified atom stereocenters. The van der Waals surface area contributed by atoms with E-state index in [4.69, 9.17) is 4.74 Å². The normalized spacial score (nSPS) is 12.4. The summed E-state index contributed by atoms with van der Waals surface area (Å²) in [5.74, 6) is 0.900. The molecule has 0 aliphatic carbocycles. The predicted molar refractivity (Wildman–Crippen MR) is 76.5 cm³/mol. The number of nitrogens with one attached hydrogen (secondary N) is 1. The second kappa shape index (κ2) is 6.38. The van der Waals surface area contributed by atoms with E-state index in [0.29, 0.717) is 6.04 Å². The summed E-state index contributed by atoms with van der Waals surface area (Å²) in [7, 11) is 5.64. The van der Waals surface area contributed by atoms with E-state index in [2.05, 4.69) is 28.7 Å². The molecule has 19 heavy (non-hydrogen) atoms. The minimum absolute atomic E-state index is 0.414. The summed E-state index contributed by atoms with van der Waals surface area (Å²) >= 11 is 0. The number of methoxy groups -OCH3 is 1. The SMILES string of the molecule is CNC(Cc1ccc(OC)cc1)Cc1cnn(C)c1. The van der Waals surface area contributed by atoms with E-state index >= 15 is 0 Å². The monoisotopic (exact) mass is 259 g/mol. The first-order chi connectivity index (χ1) is 9.21. The molecule has 1 aromatic heterocycles. The maximum absolute atomic E-state index is 5.17. The lowest BCUT2D eigenvalue weighted by Gasteiger charge is -2.15. The van der Waals surface area contributed by atoms with Crippen molar-refractivity contribution in [2.24, 2.45) is 7.05 Å². The Balaban J connectivity index is 1.97. The molecule has 0 aliphatic rings. The summed E-state index contributed by atoms with van der Waals surface area (Å²) in [4.78, 5) is 0. The highest BCUT2D eigenvalue weighted by molar-refractivity contribution is 5.27. The van der Waals surface area contributed by atoms with Gasteiger partial charge in [-0.15, -0.1) is 0 Å². The Bertz CT molecular complexity index is 504. The molecule has 0 amide bonds. The van der Waals surface area contributed by atoms with Gasteiger partial charge in [0.15, 0.2) is 0 Å². The third-order valence-corrected chi connectivity index (χ3v) is 3.29. The summed E-state index contributed by atoms with van der Waals surface area (Å²) in [5.41, 5.74) is 2.57. The number of aryl methyl sites for hydroxylation is 1. The van der Waals surface area contributed by atoms with Crippen LogP contribution in [0.3, 0.4) is 0 Å². The zero-order valence-corrected chi connectivity index (χ0v) is 11.8. The third-order valence-electron chi connectivity index (χ3n) is 3.29. The highest BCUT2D eigenvalue weighted by Crippen LogP contribution is 2.14. The molecule has 1 heterocycles. The number of benzene rings is 1. The average molecular weight is 259 g/mol. The van der Waals surface area contributed by atoms with Gasteiger partial charge in [0.25, 0.3) is 0 Å². The lowest BCUT2D eigenvalue weighted by atomic mass is 10.0. The van der Waals surface area contributed by atoms with E-state index in [1.807, 2.05) is 37.1 Å². The maximum Gasteiger partial charge on any atom is 0.118 e. The van der Waals surface area contributed by atoms with Crippen LogP contribution in [-0.2, 0) is 19.9 Å². The van der Waals surface area contributed by atoms with Gasteiger partial charge in [0.2, 0.25) is 0 Å². The van der Waals surface area contributed by atoms with Crippen molar-refractivity contribution in [2.75, 3.05) is 14.2 Å². The van der Waals surface area contributed by atoms with Gasteiger partial charge in [-0.25, -0.2) is 0 Å². The molecule has 1 atom stereocenters. The Kier molecular flexibility index (Phi) is 4.58. The molecule has 1 aromatic carbocycles. The lowest BCUT2D eigenvalue weighted by molar-refractivity contribution is 0.414. The fraction of sp³-hybridized carbons (Fsp3) is 0.400. The fourth-order valence-electron chi connectivity index (χ4n) is 2.18. The molecule has 0 saturated carbocycles. The zero-order chi connectivity index (χ0) is 13.7. The Labute approximate surface area is 114 Å². The summed E-state index contributed by atoms with van der Waals surface area (Å²) in [5, 5.41) is 7.57. The molecule has 1 N–H and O–H groups in total. The van der Waals surface area contributed by atoms with Crippen LogP contribution in [0.15, 0.2) is 36.7 Å². The second-order valence-electron chi connectivity index (χ2n) is 4.76. The second-order valence-corrected chi connectivity index (χ2v) is 4.76. The van der Waals surface area contributed by atoms with Crippen LogP contribution >= 0.6 is 0 Å². The molecule has 102 valence electrons. The number of ether oxygens (including phenoxy) is 1. The van der Waals surface area contributed by atoms with E-state index in [-0.39, 0.29) is 0 Å². The van der Waals surface area contributed by atoms with Gasteiger partial charge in [0.1, 0.15) is 5.75 Å². The summed E-state index contributed by atoms with van der Waals surface area (Å²) < 4.78 is 7.01.